The number of hydrogen-bond donors (Lipinski definition) is 3. The first-order chi connectivity index (χ1) is 7.43. The van der Waals surface area contributed by atoms with Gasteiger partial charge >= 0.3 is 5.97 Å². The van der Waals surface area contributed by atoms with E-state index in [4.69, 9.17) is 10.8 Å². The van der Waals surface area contributed by atoms with Crippen molar-refractivity contribution in [1.82, 2.24) is 0 Å². The molecule has 1 aromatic rings. The Kier molecular flexibility index (Phi) is 3.77. The van der Waals surface area contributed by atoms with Crippen LogP contribution in [-0.4, -0.2) is 17.1 Å². The number of nitrogen functional groups attached to an aromatic ring is 1. The van der Waals surface area contributed by atoms with Crippen LogP contribution in [0.4, 0.5) is 11.4 Å². The van der Waals surface area contributed by atoms with Crippen molar-refractivity contribution in [1.29, 1.82) is 0 Å². The van der Waals surface area contributed by atoms with E-state index in [2.05, 4.69) is 19.2 Å². The van der Waals surface area contributed by atoms with E-state index in [-0.39, 0.29) is 11.6 Å². The second kappa shape index (κ2) is 4.88. The minimum Gasteiger partial charge on any atom is -0.478 e. The lowest BCUT2D eigenvalue weighted by Crippen LogP contribution is -2.23. The molecule has 1 rings (SSSR count). The number of rotatable bonds is 4. The maximum Gasteiger partial charge on any atom is 0.337 e. The highest BCUT2D eigenvalue weighted by Gasteiger charge is 2.15. The van der Waals surface area contributed by atoms with Crippen molar-refractivity contribution in [3.8, 4) is 0 Å². The van der Waals surface area contributed by atoms with Crippen molar-refractivity contribution >= 4 is 17.3 Å². The molecule has 0 radical (unpaired) electrons. The molecule has 0 aliphatic carbocycles. The molecule has 0 aliphatic rings. The van der Waals surface area contributed by atoms with Gasteiger partial charge in [-0.05, 0) is 25.0 Å². The summed E-state index contributed by atoms with van der Waals surface area (Å²) in [5.74, 6) is -0.563. The van der Waals surface area contributed by atoms with Crippen LogP contribution in [0.1, 0.15) is 31.1 Å². The number of carboxylic acids is 1. The predicted molar refractivity (Wildman–Crippen MR) is 65.7 cm³/mol. The molecule has 88 valence electrons. The average Bonchev–Trinajstić information content (AvgIpc) is 2.20. The zero-order chi connectivity index (χ0) is 12.3. The third-order valence-electron chi connectivity index (χ3n) is 2.70. The summed E-state index contributed by atoms with van der Waals surface area (Å²) in [6.45, 7) is 6.14. The minimum absolute atomic E-state index is 0.169. The first-order valence-electron chi connectivity index (χ1n) is 5.31. The van der Waals surface area contributed by atoms with E-state index in [1.165, 1.54) is 0 Å². The largest absolute Gasteiger partial charge is 0.478 e. The van der Waals surface area contributed by atoms with Gasteiger partial charge in [-0.2, -0.15) is 0 Å². The highest BCUT2D eigenvalue weighted by atomic mass is 16.4. The standard InChI is InChI=1S/C12H18N2O2/c1-7(2)8(3)14-11-9(12(15)16)5-4-6-10(11)13/h4-8,14H,13H2,1-3H3,(H,15,16). The van der Waals surface area contributed by atoms with E-state index in [9.17, 15) is 4.79 Å². The highest BCUT2D eigenvalue weighted by Crippen LogP contribution is 2.25. The van der Waals surface area contributed by atoms with E-state index in [1.807, 2.05) is 6.92 Å². The van der Waals surface area contributed by atoms with E-state index in [1.54, 1.807) is 18.2 Å². The van der Waals surface area contributed by atoms with Crippen LogP contribution in [0, 0.1) is 5.92 Å². The minimum atomic E-state index is -0.967. The van der Waals surface area contributed by atoms with Gasteiger partial charge in [0, 0.05) is 6.04 Å². The average molecular weight is 222 g/mol. The molecule has 0 fully saturated rings. The van der Waals surface area contributed by atoms with Crippen molar-refractivity contribution in [3.63, 3.8) is 0 Å². The maximum atomic E-state index is 11.0. The molecule has 1 unspecified atom stereocenters. The fraction of sp³-hybridized carbons (Fsp3) is 0.417. The van der Waals surface area contributed by atoms with Gasteiger partial charge in [0.2, 0.25) is 0 Å². The molecule has 0 heterocycles. The monoisotopic (exact) mass is 222 g/mol. The molecule has 4 N–H and O–H groups in total. The fourth-order valence-electron chi connectivity index (χ4n) is 1.30. The second-order valence-electron chi connectivity index (χ2n) is 4.25. The normalized spacial score (nSPS) is 12.5. The Bertz CT molecular complexity index is 389. The lowest BCUT2D eigenvalue weighted by Gasteiger charge is -2.21. The summed E-state index contributed by atoms with van der Waals surface area (Å²) in [6.07, 6.45) is 0. The first kappa shape index (κ1) is 12.4. The number of carbonyl (C=O) groups is 1. The van der Waals surface area contributed by atoms with Crippen LogP contribution in [0.25, 0.3) is 0 Å². The summed E-state index contributed by atoms with van der Waals surface area (Å²) in [4.78, 5) is 11.0. The van der Waals surface area contributed by atoms with Gasteiger partial charge in [0.05, 0.1) is 16.9 Å². The first-order valence-corrected chi connectivity index (χ1v) is 5.31. The molecular weight excluding hydrogens is 204 g/mol. The summed E-state index contributed by atoms with van der Waals surface area (Å²) in [6, 6.07) is 5.06. The zero-order valence-corrected chi connectivity index (χ0v) is 9.82. The molecule has 0 saturated heterocycles. The second-order valence-corrected chi connectivity index (χ2v) is 4.25. The lowest BCUT2D eigenvalue weighted by atomic mass is 10.0. The lowest BCUT2D eigenvalue weighted by molar-refractivity contribution is 0.0698. The number of nitrogens with two attached hydrogens (primary N) is 1. The van der Waals surface area contributed by atoms with Gasteiger partial charge in [0.15, 0.2) is 0 Å². The molecular formula is C12H18N2O2. The summed E-state index contributed by atoms with van der Waals surface area (Å²) < 4.78 is 0. The molecule has 16 heavy (non-hydrogen) atoms. The van der Waals surface area contributed by atoms with Gasteiger partial charge in [-0.1, -0.05) is 19.9 Å². The number of carboxylic acid groups (broad SMARTS) is 1. The number of anilines is 2. The molecule has 1 atom stereocenters. The molecule has 4 nitrogen and oxygen atoms in total. The summed E-state index contributed by atoms with van der Waals surface area (Å²) in [7, 11) is 0. The Morgan fingerprint density at radius 1 is 1.38 bits per heavy atom. The Balaban J connectivity index is 3.06. The summed E-state index contributed by atoms with van der Waals surface area (Å²) >= 11 is 0. The Morgan fingerprint density at radius 3 is 2.50 bits per heavy atom. The van der Waals surface area contributed by atoms with Crippen LogP contribution in [0.2, 0.25) is 0 Å². The number of hydrogen-bond acceptors (Lipinski definition) is 3. The van der Waals surface area contributed by atoms with Crippen molar-refractivity contribution in [2.24, 2.45) is 5.92 Å². The van der Waals surface area contributed by atoms with Crippen LogP contribution in [0.5, 0.6) is 0 Å². The maximum absolute atomic E-state index is 11.0. The Labute approximate surface area is 95.5 Å². The third kappa shape index (κ3) is 2.66. The van der Waals surface area contributed by atoms with E-state index in [0.29, 0.717) is 17.3 Å². The third-order valence-corrected chi connectivity index (χ3v) is 2.70. The van der Waals surface area contributed by atoms with Crippen LogP contribution in [0.15, 0.2) is 18.2 Å². The van der Waals surface area contributed by atoms with Gasteiger partial charge in [-0.3, -0.25) is 0 Å². The smallest absolute Gasteiger partial charge is 0.337 e. The molecule has 1 aromatic carbocycles. The Hall–Kier alpha value is -1.71. The summed E-state index contributed by atoms with van der Waals surface area (Å²) in [5.41, 5.74) is 6.97. The van der Waals surface area contributed by atoms with Crippen molar-refractivity contribution in [2.75, 3.05) is 11.1 Å². The highest BCUT2D eigenvalue weighted by molar-refractivity contribution is 5.97. The van der Waals surface area contributed by atoms with Crippen LogP contribution >= 0.6 is 0 Å². The molecule has 0 spiro atoms. The van der Waals surface area contributed by atoms with E-state index in [0.717, 1.165) is 0 Å². The molecule has 0 bridgehead atoms. The number of benzene rings is 1. The van der Waals surface area contributed by atoms with E-state index >= 15 is 0 Å². The Morgan fingerprint density at radius 2 is 2.00 bits per heavy atom. The van der Waals surface area contributed by atoms with Gasteiger partial charge < -0.3 is 16.2 Å². The molecule has 0 aliphatic heterocycles. The molecule has 0 saturated carbocycles. The van der Waals surface area contributed by atoms with E-state index < -0.39 is 5.97 Å². The number of aromatic carboxylic acids is 1. The van der Waals surface area contributed by atoms with Gasteiger partial charge in [-0.25, -0.2) is 4.79 Å². The predicted octanol–water partition coefficient (Wildman–Crippen LogP) is 2.42. The SMILES string of the molecule is CC(C)C(C)Nc1c(N)cccc1C(=O)O. The topological polar surface area (TPSA) is 75.3 Å². The quantitative estimate of drug-likeness (QED) is 0.684. The molecule has 0 aromatic heterocycles. The van der Waals surface area contributed by atoms with Crippen LogP contribution in [-0.2, 0) is 0 Å². The van der Waals surface area contributed by atoms with Gasteiger partial charge in [-0.15, -0.1) is 0 Å². The number of nitrogens with one attached hydrogen (secondary N) is 1. The van der Waals surface area contributed by atoms with Crippen molar-refractivity contribution < 1.29 is 9.90 Å². The van der Waals surface area contributed by atoms with Gasteiger partial charge in [0.25, 0.3) is 0 Å². The van der Waals surface area contributed by atoms with Crippen LogP contribution < -0.4 is 11.1 Å². The van der Waals surface area contributed by atoms with Gasteiger partial charge in [0.1, 0.15) is 0 Å². The molecule has 0 amide bonds. The fourth-order valence-corrected chi connectivity index (χ4v) is 1.30. The number of para-hydroxylation sites is 1. The van der Waals surface area contributed by atoms with Crippen molar-refractivity contribution in [3.05, 3.63) is 23.8 Å². The summed E-state index contributed by atoms with van der Waals surface area (Å²) in [5, 5.41) is 12.2. The van der Waals surface area contributed by atoms with Crippen LogP contribution in [0.3, 0.4) is 0 Å². The van der Waals surface area contributed by atoms with Crippen molar-refractivity contribution in [2.45, 2.75) is 26.8 Å². The zero-order valence-electron chi connectivity index (χ0n) is 9.82. The molecule has 4 heteroatoms.